The van der Waals surface area contributed by atoms with Crippen LogP contribution in [0.2, 0.25) is 0 Å². The van der Waals surface area contributed by atoms with E-state index in [2.05, 4.69) is 96.1 Å². The topological polar surface area (TPSA) is 47.6 Å². The smallest absolute Gasteiger partial charge is 0.322 e. The lowest BCUT2D eigenvalue weighted by Gasteiger charge is -2.32. The highest BCUT2D eigenvalue weighted by Gasteiger charge is 2.22. The Kier molecular flexibility index (Phi) is 8.77. The molecule has 0 saturated carbocycles. The second-order valence-electron chi connectivity index (χ2n) is 10.5. The number of anilines is 2. The molecule has 0 radical (unpaired) electrons. The van der Waals surface area contributed by atoms with Gasteiger partial charge >= 0.3 is 6.03 Å². The predicted octanol–water partition coefficient (Wildman–Crippen LogP) is 7.34. The molecule has 0 aromatic heterocycles. The van der Waals surface area contributed by atoms with Crippen LogP contribution in [0.4, 0.5) is 16.2 Å². The zero-order chi connectivity index (χ0) is 27.9. The minimum atomic E-state index is -0.00251. The third-order valence-electron chi connectivity index (χ3n) is 7.33. The molecule has 2 heterocycles. The van der Waals surface area contributed by atoms with Gasteiger partial charge in [-0.2, -0.15) is 0 Å². The van der Waals surface area contributed by atoms with Crippen molar-refractivity contribution in [1.29, 1.82) is 0 Å². The van der Waals surface area contributed by atoms with E-state index in [9.17, 15) is 4.79 Å². The van der Waals surface area contributed by atoms with E-state index in [1.807, 2.05) is 35.2 Å². The minimum absolute atomic E-state index is 0.00251. The molecule has 2 N–H and O–H groups in total. The van der Waals surface area contributed by atoms with Gasteiger partial charge in [0.2, 0.25) is 0 Å². The fraction of sp³-hybridized carbons (Fsp3) is 0.235. The zero-order valence-corrected chi connectivity index (χ0v) is 24.0. The van der Waals surface area contributed by atoms with Gasteiger partial charge in [0.1, 0.15) is 0 Å². The molecule has 2 aliphatic heterocycles. The summed E-state index contributed by atoms with van der Waals surface area (Å²) in [5, 5.41) is 7.12. The van der Waals surface area contributed by atoms with Crippen LogP contribution in [0, 0.1) is 13.8 Å². The van der Waals surface area contributed by atoms with Crippen molar-refractivity contribution < 1.29 is 4.79 Å². The number of urea groups is 1. The van der Waals surface area contributed by atoms with Crippen LogP contribution in [0.1, 0.15) is 33.4 Å². The van der Waals surface area contributed by atoms with Crippen molar-refractivity contribution in [2.24, 2.45) is 0 Å². The first-order valence-electron chi connectivity index (χ1n) is 13.8. The number of aryl methyl sites for hydroxylation is 2. The summed E-state index contributed by atoms with van der Waals surface area (Å²) in [7, 11) is 0. The van der Waals surface area contributed by atoms with Gasteiger partial charge in [0.05, 0.1) is 0 Å². The Bertz CT molecular complexity index is 1360. The molecule has 0 unspecified atom stereocenters. The highest BCUT2D eigenvalue weighted by molar-refractivity contribution is 7.80. The Labute approximate surface area is 242 Å². The van der Waals surface area contributed by atoms with E-state index in [1.165, 1.54) is 33.4 Å². The highest BCUT2D eigenvalue weighted by atomic mass is 32.1. The number of fused-ring (bicyclic) bond motifs is 2. The Morgan fingerprint density at radius 1 is 0.650 bits per heavy atom. The van der Waals surface area contributed by atoms with E-state index < -0.39 is 0 Å². The first kappa shape index (κ1) is 27.4. The second-order valence-corrected chi connectivity index (χ2v) is 10.9. The van der Waals surface area contributed by atoms with Gasteiger partial charge in [-0.3, -0.25) is 0 Å². The Balaban J connectivity index is 0.000000161. The Hall–Kier alpha value is -4.16. The van der Waals surface area contributed by atoms with Crippen LogP contribution in [-0.4, -0.2) is 34.0 Å². The average Bonchev–Trinajstić information content (AvgIpc) is 2.97. The number of rotatable bonds is 6. The molecule has 0 fully saturated rings. The third kappa shape index (κ3) is 7.07. The molecule has 0 saturated heterocycles. The zero-order valence-electron chi connectivity index (χ0n) is 23.2. The van der Waals surface area contributed by atoms with Crippen molar-refractivity contribution >= 4 is 34.7 Å². The third-order valence-corrected chi connectivity index (χ3v) is 7.69. The van der Waals surface area contributed by atoms with Crippen LogP contribution in [0.25, 0.3) is 0 Å². The minimum Gasteiger partial charge on any atom is -0.344 e. The summed E-state index contributed by atoms with van der Waals surface area (Å²) in [4.78, 5) is 16.2. The average molecular weight is 549 g/mol. The van der Waals surface area contributed by atoms with E-state index in [4.69, 9.17) is 12.2 Å². The summed E-state index contributed by atoms with van der Waals surface area (Å²) in [6.07, 6.45) is 1.90. The maximum Gasteiger partial charge on any atom is 0.322 e. The summed E-state index contributed by atoms with van der Waals surface area (Å²) in [5.41, 5.74) is 9.74. The second kappa shape index (κ2) is 12.8. The summed E-state index contributed by atoms with van der Waals surface area (Å²) in [6.45, 7) is 7.48. The Morgan fingerprint density at radius 2 is 1.12 bits per heavy atom. The lowest BCUT2D eigenvalue weighted by molar-refractivity contribution is 0.207. The molecule has 204 valence electrons. The molecule has 2 amide bonds. The summed E-state index contributed by atoms with van der Waals surface area (Å²) >= 11 is 5.47. The van der Waals surface area contributed by atoms with E-state index >= 15 is 0 Å². The lowest BCUT2D eigenvalue weighted by atomic mass is 10.1. The van der Waals surface area contributed by atoms with E-state index in [-0.39, 0.29) is 6.03 Å². The molecule has 0 aliphatic carbocycles. The summed E-state index contributed by atoms with van der Waals surface area (Å²) in [5.74, 6) is 0. The monoisotopic (exact) mass is 548 g/mol. The number of thiocarbonyl (C=S) groups is 1. The number of hydrogen-bond acceptors (Lipinski definition) is 2. The molecule has 40 heavy (non-hydrogen) atoms. The standard InChI is InChI=1S/C17H18N2O.C17H18N2S/c2*1-13-7-8-16-15(11-13)12-19(17(20)18-16)10-9-14-5-3-2-4-6-14/h2*2-8,11H,9-10,12H2,1H3,(H,18,20). The molecule has 2 aliphatic rings. The largest absolute Gasteiger partial charge is 0.344 e. The van der Waals surface area contributed by atoms with E-state index in [1.54, 1.807) is 0 Å². The van der Waals surface area contributed by atoms with Gasteiger partial charge in [-0.1, -0.05) is 96.1 Å². The van der Waals surface area contributed by atoms with Gasteiger partial charge in [0, 0.05) is 37.6 Å². The number of carbonyl (C=O) groups is 1. The van der Waals surface area contributed by atoms with Crippen molar-refractivity contribution in [2.75, 3.05) is 23.7 Å². The maximum absolute atomic E-state index is 12.1. The van der Waals surface area contributed by atoms with E-state index in [0.29, 0.717) is 6.54 Å². The first-order valence-corrected chi connectivity index (χ1v) is 14.2. The molecular weight excluding hydrogens is 512 g/mol. The van der Waals surface area contributed by atoms with Crippen LogP contribution in [-0.2, 0) is 25.9 Å². The molecule has 0 spiro atoms. The molecular formula is C34H36N4OS. The van der Waals surface area contributed by atoms with E-state index in [0.717, 1.165) is 49.0 Å². The van der Waals surface area contributed by atoms with Crippen molar-refractivity contribution in [3.8, 4) is 0 Å². The van der Waals surface area contributed by atoms with Crippen molar-refractivity contribution in [2.45, 2.75) is 39.8 Å². The van der Waals surface area contributed by atoms with Gasteiger partial charge in [-0.25, -0.2) is 4.79 Å². The lowest BCUT2D eigenvalue weighted by Crippen LogP contribution is -2.39. The maximum atomic E-state index is 12.1. The normalized spacial score (nSPS) is 13.8. The molecule has 4 aromatic rings. The molecule has 6 rings (SSSR count). The van der Waals surface area contributed by atoms with Crippen LogP contribution >= 0.6 is 12.2 Å². The Morgan fingerprint density at radius 3 is 1.68 bits per heavy atom. The van der Waals surface area contributed by atoms with Crippen LogP contribution in [0.3, 0.4) is 0 Å². The van der Waals surface area contributed by atoms with Crippen molar-refractivity contribution in [3.63, 3.8) is 0 Å². The number of carbonyl (C=O) groups excluding carboxylic acids is 1. The number of amides is 2. The van der Waals surface area contributed by atoms with Gasteiger partial charge in [-0.15, -0.1) is 0 Å². The van der Waals surface area contributed by atoms with Crippen molar-refractivity contribution in [3.05, 3.63) is 130 Å². The fourth-order valence-electron chi connectivity index (χ4n) is 5.07. The van der Waals surface area contributed by atoms with Crippen molar-refractivity contribution in [1.82, 2.24) is 9.80 Å². The SMILES string of the molecule is Cc1ccc2c(c1)CN(CCc1ccccc1)C(=O)N2.Cc1ccc2c(c1)CN(CCc1ccccc1)C(=S)N2. The summed E-state index contributed by atoms with van der Waals surface area (Å²) < 4.78 is 0. The molecule has 6 heteroatoms. The fourth-order valence-corrected chi connectivity index (χ4v) is 5.34. The predicted molar refractivity (Wildman–Crippen MR) is 169 cm³/mol. The quantitative estimate of drug-likeness (QED) is 0.248. The highest BCUT2D eigenvalue weighted by Crippen LogP contribution is 2.25. The number of nitrogens with zero attached hydrogens (tertiary/aromatic N) is 2. The number of nitrogens with one attached hydrogen (secondary N) is 2. The number of hydrogen-bond donors (Lipinski definition) is 2. The van der Waals surface area contributed by atoms with Crippen LogP contribution in [0.15, 0.2) is 97.1 Å². The van der Waals surface area contributed by atoms with Gasteiger partial charge in [-0.05, 0) is 73.3 Å². The molecule has 5 nitrogen and oxygen atoms in total. The molecule has 4 aromatic carbocycles. The van der Waals surface area contributed by atoms with Crippen LogP contribution < -0.4 is 10.6 Å². The van der Waals surface area contributed by atoms with Gasteiger partial charge < -0.3 is 20.4 Å². The molecule has 0 atom stereocenters. The number of benzene rings is 4. The van der Waals surface area contributed by atoms with Gasteiger partial charge in [0.25, 0.3) is 0 Å². The first-order chi connectivity index (χ1) is 19.4. The van der Waals surface area contributed by atoms with Crippen LogP contribution in [0.5, 0.6) is 0 Å². The van der Waals surface area contributed by atoms with Gasteiger partial charge in [0.15, 0.2) is 5.11 Å². The molecule has 0 bridgehead atoms. The summed E-state index contributed by atoms with van der Waals surface area (Å²) in [6, 6.07) is 33.4.